The SMILES string of the molecule is CN1CCN(CC2CCOC2)Cc2cccnc21. The first-order valence-corrected chi connectivity index (χ1v) is 6.78. The van der Waals surface area contributed by atoms with Crippen molar-refractivity contribution < 1.29 is 4.74 Å². The summed E-state index contributed by atoms with van der Waals surface area (Å²) in [5.74, 6) is 1.86. The van der Waals surface area contributed by atoms with Crippen molar-refractivity contribution in [1.29, 1.82) is 0 Å². The van der Waals surface area contributed by atoms with Crippen molar-refractivity contribution in [2.24, 2.45) is 5.92 Å². The molecule has 0 aromatic carbocycles. The summed E-state index contributed by atoms with van der Waals surface area (Å²) in [6.45, 7) is 6.22. The van der Waals surface area contributed by atoms with Crippen LogP contribution in [0.4, 0.5) is 5.82 Å². The van der Waals surface area contributed by atoms with E-state index in [1.807, 2.05) is 12.3 Å². The van der Waals surface area contributed by atoms with Gasteiger partial charge >= 0.3 is 0 Å². The minimum Gasteiger partial charge on any atom is -0.381 e. The van der Waals surface area contributed by atoms with Crippen molar-refractivity contribution in [3.05, 3.63) is 23.9 Å². The lowest BCUT2D eigenvalue weighted by Gasteiger charge is -2.23. The molecule has 1 unspecified atom stereocenters. The first kappa shape index (κ1) is 11.9. The van der Waals surface area contributed by atoms with Gasteiger partial charge in [-0.15, -0.1) is 0 Å². The number of fused-ring (bicyclic) bond motifs is 1. The molecule has 1 saturated heterocycles. The molecule has 4 nitrogen and oxygen atoms in total. The summed E-state index contributed by atoms with van der Waals surface area (Å²) in [5.41, 5.74) is 1.34. The number of anilines is 1. The molecule has 1 aromatic heterocycles. The minimum atomic E-state index is 0.716. The molecular weight excluding hydrogens is 226 g/mol. The molecule has 1 atom stereocenters. The molecular formula is C14H21N3O. The number of hydrogen-bond acceptors (Lipinski definition) is 4. The predicted molar refractivity (Wildman–Crippen MR) is 71.7 cm³/mol. The van der Waals surface area contributed by atoms with Crippen LogP contribution < -0.4 is 4.90 Å². The normalized spacial score (nSPS) is 24.9. The van der Waals surface area contributed by atoms with Crippen molar-refractivity contribution in [3.63, 3.8) is 0 Å². The van der Waals surface area contributed by atoms with Gasteiger partial charge < -0.3 is 9.64 Å². The topological polar surface area (TPSA) is 28.6 Å². The quantitative estimate of drug-likeness (QED) is 0.789. The Balaban J connectivity index is 1.72. The number of aromatic nitrogens is 1. The molecule has 0 aliphatic carbocycles. The van der Waals surface area contributed by atoms with Crippen molar-refractivity contribution in [2.45, 2.75) is 13.0 Å². The standard InChI is InChI=1S/C14H21N3O/c1-16-6-7-17(9-12-4-8-18-11-12)10-13-3-2-5-15-14(13)16/h2-3,5,12H,4,6-11H2,1H3. The van der Waals surface area contributed by atoms with E-state index in [1.54, 1.807) is 0 Å². The third kappa shape index (κ3) is 2.49. The van der Waals surface area contributed by atoms with Gasteiger partial charge in [0.15, 0.2) is 0 Å². The molecule has 0 radical (unpaired) electrons. The van der Waals surface area contributed by atoms with Crippen LogP contribution in [0.5, 0.6) is 0 Å². The third-order valence-electron chi connectivity index (χ3n) is 3.92. The van der Waals surface area contributed by atoms with E-state index in [1.165, 1.54) is 12.0 Å². The van der Waals surface area contributed by atoms with Crippen LogP contribution in [0.25, 0.3) is 0 Å². The smallest absolute Gasteiger partial charge is 0.132 e. The highest BCUT2D eigenvalue weighted by molar-refractivity contribution is 5.46. The van der Waals surface area contributed by atoms with Gasteiger partial charge in [-0.2, -0.15) is 0 Å². The van der Waals surface area contributed by atoms with Crippen molar-refractivity contribution >= 4 is 5.82 Å². The van der Waals surface area contributed by atoms with Crippen LogP contribution >= 0.6 is 0 Å². The zero-order valence-electron chi connectivity index (χ0n) is 11.0. The minimum absolute atomic E-state index is 0.716. The largest absolute Gasteiger partial charge is 0.381 e. The van der Waals surface area contributed by atoms with Gasteiger partial charge in [-0.1, -0.05) is 6.07 Å². The highest BCUT2D eigenvalue weighted by atomic mass is 16.5. The second-order valence-electron chi connectivity index (χ2n) is 5.37. The summed E-state index contributed by atoms with van der Waals surface area (Å²) in [6, 6.07) is 4.23. The Labute approximate surface area is 109 Å². The van der Waals surface area contributed by atoms with Gasteiger partial charge in [-0.25, -0.2) is 4.98 Å². The molecule has 0 spiro atoms. The molecule has 0 amide bonds. The first-order valence-electron chi connectivity index (χ1n) is 6.78. The van der Waals surface area contributed by atoms with Gasteiger partial charge in [-0.05, 0) is 18.4 Å². The lowest BCUT2D eigenvalue weighted by Crippen LogP contribution is -2.33. The van der Waals surface area contributed by atoms with Gasteiger partial charge in [-0.3, -0.25) is 4.90 Å². The van der Waals surface area contributed by atoms with Crippen molar-refractivity contribution in [2.75, 3.05) is 44.8 Å². The Kier molecular flexibility index (Phi) is 3.48. The van der Waals surface area contributed by atoms with E-state index >= 15 is 0 Å². The summed E-state index contributed by atoms with van der Waals surface area (Å²) >= 11 is 0. The summed E-state index contributed by atoms with van der Waals surface area (Å²) in [5, 5.41) is 0. The summed E-state index contributed by atoms with van der Waals surface area (Å²) in [6.07, 6.45) is 3.10. The molecule has 2 aliphatic heterocycles. The van der Waals surface area contributed by atoms with Crippen LogP contribution in [0.2, 0.25) is 0 Å². The monoisotopic (exact) mass is 247 g/mol. The molecule has 3 heterocycles. The van der Waals surface area contributed by atoms with Crippen LogP contribution in [-0.2, 0) is 11.3 Å². The molecule has 18 heavy (non-hydrogen) atoms. The van der Waals surface area contributed by atoms with Gasteiger partial charge in [0.05, 0.1) is 6.61 Å². The molecule has 1 fully saturated rings. The van der Waals surface area contributed by atoms with E-state index in [0.717, 1.165) is 45.2 Å². The van der Waals surface area contributed by atoms with E-state index in [-0.39, 0.29) is 0 Å². The third-order valence-corrected chi connectivity index (χ3v) is 3.92. The summed E-state index contributed by atoms with van der Waals surface area (Å²) in [7, 11) is 2.13. The first-order chi connectivity index (χ1) is 8.83. The van der Waals surface area contributed by atoms with E-state index in [9.17, 15) is 0 Å². The highest BCUT2D eigenvalue weighted by Crippen LogP contribution is 2.23. The number of hydrogen-bond donors (Lipinski definition) is 0. The molecule has 4 heteroatoms. The average Bonchev–Trinajstić information content (AvgIpc) is 2.83. The Bertz CT molecular complexity index is 404. The molecule has 0 N–H and O–H groups in total. The fourth-order valence-electron chi connectivity index (χ4n) is 2.86. The van der Waals surface area contributed by atoms with Crippen molar-refractivity contribution in [3.8, 4) is 0 Å². The summed E-state index contributed by atoms with van der Waals surface area (Å²) < 4.78 is 5.47. The van der Waals surface area contributed by atoms with Crippen LogP contribution in [0, 0.1) is 5.92 Å². The maximum absolute atomic E-state index is 5.47. The number of pyridine rings is 1. The average molecular weight is 247 g/mol. The van der Waals surface area contributed by atoms with Gasteiger partial charge in [0, 0.05) is 51.6 Å². The predicted octanol–water partition coefficient (Wildman–Crippen LogP) is 1.37. The van der Waals surface area contributed by atoms with Crippen LogP contribution in [0.15, 0.2) is 18.3 Å². The Morgan fingerprint density at radius 3 is 3.22 bits per heavy atom. The molecule has 1 aromatic rings. The molecule has 3 rings (SSSR count). The van der Waals surface area contributed by atoms with E-state index in [0.29, 0.717) is 5.92 Å². The van der Waals surface area contributed by atoms with E-state index in [2.05, 4.69) is 27.9 Å². The van der Waals surface area contributed by atoms with Crippen LogP contribution in [-0.4, -0.2) is 49.8 Å². The maximum Gasteiger partial charge on any atom is 0.132 e. The van der Waals surface area contributed by atoms with E-state index in [4.69, 9.17) is 4.74 Å². The maximum atomic E-state index is 5.47. The van der Waals surface area contributed by atoms with Crippen LogP contribution in [0.3, 0.4) is 0 Å². The van der Waals surface area contributed by atoms with E-state index < -0.39 is 0 Å². The molecule has 98 valence electrons. The van der Waals surface area contributed by atoms with Gasteiger partial charge in [0.2, 0.25) is 0 Å². The van der Waals surface area contributed by atoms with Gasteiger partial charge in [0.25, 0.3) is 0 Å². The highest BCUT2D eigenvalue weighted by Gasteiger charge is 2.23. The Morgan fingerprint density at radius 2 is 2.39 bits per heavy atom. The Morgan fingerprint density at radius 1 is 1.44 bits per heavy atom. The van der Waals surface area contributed by atoms with Crippen LogP contribution in [0.1, 0.15) is 12.0 Å². The molecule has 0 bridgehead atoms. The fourth-order valence-corrected chi connectivity index (χ4v) is 2.86. The zero-order chi connectivity index (χ0) is 12.4. The lowest BCUT2D eigenvalue weighted by molar-refractivity contribution is 0.166. The number of rotatable bonds is 2. The fraction of sp³-hybridized carbons (Fsp3) is 0.643. The second kappa shape index (κ2) is 5.24. The van der Waals surface area contributed by atoms with Gasteiger partial charge in [0.1, 0.15) is 5.82 Å². The number of ether oxygens (including phenoxy) is 1. The molecule has 2 aliphatic rings. The lowest BCUT2D eigenvalue weighted by atomic mass is 10.1. The van der Waals surface area contributed by atoms with Crippen molar-refractivity contribution in [1.82, 2.24) is 9.88 Å². The second-order valence-corrected chi connectivity index (χ2v) is 5.37. The molecule has 0 saturated carbocycles. The Hall–Kier alpha value is -1.13. The number of nitrogens with zero attached hydrogens (tertiary/aromatic N) is 3. The number of likely N-dealkylation sites (N-methyl/N-ethyl adjacent to an activating group) is 1. The summed E-state index contributed by atoms with van der Waals surface area (Å²) in [4.78, 5) is 9.31. The zero-order valence-corrected chi connectivity index (χ0v) is 11.0.